The van der Waals surface area contributed by atoms with E-state index in [0.717, 1.165) is 12.7 Å². The van der Waals surface area contributed by atoms with Crippen LogP contribution < -0.4 is 11.5 Å². The van der Waals surface area contributed by atoms with E-state index in [4.69, 9.17) is 39.0 Å². The van der Waals surface area contributed by atoms with Gasteiger partial charge >= 0.3 is 13.6 Å². The molecule has 44 heavy (non-hydrogen) atoms. The molecule has 3 fully saturated rings. The molecule has 0 radical (unpaired) electrons. The van der Waals surface area contributed by atoms with Gasteiger partial charge in [-0.15, -0.1) is 0 Å². The summed E-state index contributed by atoms with van der Waals surface area (Å²) in [5.74, 6) is 0.101. The molecule has 10 atom stereocenters. The van der Waals surface area contributed by atoms with Crippen LogP contribution in [-0.2, 0) is 36.7 Å². The standard InChI is InChI=1S/C20H22F2N10O8P2S2/c21-9-13-7(37-19(9)31-5-29-11-15(23)25-3-27-17(11)31)1-35-41(33,43)40-14-8(2-36-42(34,44)39-13)38-20(10(14)22)32-6-30-12-16(24)26-4-28-18(12)32/h3-10,13-14,19-20H,1-2H2,(H,33,43)(H,34,44)(H2,23,25,27)(H2,24,26,28)/t7-,8?,9+,10+,13-,14-,19-,20-,41-,42-/m1/s1. The smallest absolute Gasteiger partial charge is 0.382 e. The minimum atomic E-state index is -4.39. The molecule has 7 rings (SSSR count). The Hall–Kier alpha value is -2.52. The van der Waals surface area contributed by atoms with Gasteiger partial charge in [-0.3, -0.25) is 27.2 Å². The highest BCUT2D eigenvalue weighted by Crippen LogP contribution is 2.60. The number of nitrogens with zero attached hydrogens (tertiary/aromatic N) is 8. The predicted molar refractivity (Wildman–Crippen MR) is 152 cm³/mol. The summed E-state index contributed by atoms with van der Waals surface area (Å²) in [6, 6.07) is 0. The zero-order chi connectivity index (χ0) is 31.0. The largest absolute Gasteiger partial charge is 0.386 e. The summed E-state index contributed by atoms with van der Waals surface area (Å²) in [6.07, 6.45) is -8.12. The van der Waals surface area contributed by atoms with Gasteiger partial charge in [0.15, 0.2) is 47.7 Å². The lowest BCUT2D eigenvalue weighted by Gasteiger charge is -2.28. The van der Waals surface area contributed by atoms with Crippen molar-refractivity contribution >= 4 is 72.1 Å². The van der Waals surface area contributed by atoms with Crippen molar-refractivity contribution in [2.24, 2.45) is 0 Å². The first-order valence-corrected chi connectivity index (χ1v) is 18.1. The van der Waals surface area contributed by atoms with Crippen molar-refractivity contribution in [3.8, 4) is 0 Å². The molecule has 0 spiro atoms. The number of nitrogens with two attached hydrogens (primary N) is 2. The summed E-state index contributed by atoms with van der Waals surface area (Å²) in [7, 11) is 0. The van der Waals surface area contributed by atoms with Gasteiger partial charge < -0.3 is 20.9 Å². The average Bonchev–Trinajstić information content (AvgIpc) is 3.73. The van der Waals surface area contributed by atoms with Crippen molar-refractivity contribution in [3.63, 3.8) is 0 Å². The molecule has 4 aromatic heterocycles. The Morgan fingerprint density at radius 1 is 0.727 bits per heavy atom. The van der Waals surface area contributed by atoms with Crippen LogP contribution in [0.5, 0.6) is 0 Å². The third kappa shape index (κ3) is 5.25. The monoisotopic (exact) mass is 694 g/mol. The van der Waals surface area contributed by atoms with Crippen LogP contribution in [0.1, 0.15) is 12.5 Å². The summed E-state index contributed by atoms with van der Waals surface area (Å²) in [6.45, 7) is -10.1. The lowest BCUT2D eigenvalue weighted by molar-refractivity contribution is -0.0544. The molecule has 24 heteroatoms. The van der Waals surface area contributed by atoms with E-state index >= 15 is 8.78 Å². The van der Waals surface area contributed by atoms with Gasteiger partial charge in [-0.2, -0.15) is 0 Å². The van der Waals surface area contributed by atoms with E-state index in [0.29, 0.717) is 0 Å². The zero-order valence-electron chi connectivity index (χ0n) is 21.9. The maximum Gasteiger partial charge on any atom is 0.386 e. The second-order valence-electron chi connectivity index (χ2n) is 9.85. The molecule has 3 aliphatic rings. The van der Waals surface area contributed by atoms with Crippen LogP contribution in [0.2, 0.25) is 0 Å². The molecule has 0 aromatic carbocycles. The Kier molecular flexibility index (Phi) is 7.59. The topological polar surface area (TPSA) is 229 Å². The van der Waals surface area contributed by atoms with E-state index in [1.54, 1.807) is 0 Å². The first kappa shape index (κ1) is 30.2. The molecular formula is C20H22F2N10O8P2S2. The predicted octanol–water partition coefficient (Wildman–Crippen LogP) is 2.19. The van der Waals surface area contributed by atoms with Gasteiger partial charge in [-0.05, 0) is 0 Å². The fourth-order valence-corrected chi connectivity index (χ4v) is 8.14. The van der Waals surface area contributed by atoms with Crippen LogP contribution in [-0.4, -0.2) is 89.0 Å². The van der Waals surface area contributed by atoms with Crippen LogP contribution in [0.25, 0.3) is 22.3 Å². The Balaban J connectivity index is 1.17. The molecule has 18 nitrogen and oxygen atoms in total. The van der Waals surface area contributed by atoms with Crippen LogP contribution in [0.3, 0.4) is 0 Å². The second-order valence-corrected chi connectivity index (χ2v) is 15.6. The quantitative estimate of drug-likeness (QED) is 0.174. The number of thiol groups is 2. The average molecular weight is 695 g/mol. The number of hydrogen-bond donors (Lipinski definition) is 4. The molecule has 4 N–H and O–H groups in total. The third-order valence-electron chi connectivity index (χ3n) is 7.17. The van der Waals surface area contributed by atoms with Crippen LogP contribution in [0.15, 0.2) is 25.3 Å². The fraction of sp³-hybridized carbons (Fsp3) is 0.500. The van der Waals surface area contributed by atoms with Gasteiger partial charge in [0.25, 0.3) is 0 Å². The number of aromatic nitrogens is 8. The van der Waals surface area contributed by atoms with E-state index < -0.39 is 76.0 Å². The number of alkyl halides is 2. The molecule has 0 bridgehead atoms. The van der Waals surface area contributed by atoms with E-state index in [1.807, 2.05) is 0 Å². The molecular weight excluding hydrogens is 672 g/mol. The van der Waals surface area contributed by atoms with Gasteiger partial charge in [0.05, 0.1) is 25.9 Å². The van der Waals surface area contributed by atoms with Gasteiger partial charge in [-0.1, -0.05) is 24.5 Å². The number of nitrogen functional groups attached to an aromatic ring is 2. The number of fused-ring (bicyclic) bond motifs is 4. The Bertz CT molecular complexity index is 1710. The molecule has 0 saturated carbocycles. The van der Waals surface area contributed by atoms with Crippen molar-refractivity contribution in [3.05, 3.63) is 25.3 Å². The molecule has 0 amide bonds. The minimum Gasteiger partial charge on any atom is -0.382 e. The molecule has 0 aliphatic carbocycles. The summed E-state index contributed by atoms with van der Waals surface area (Å²) in [5.41, 5.74) is 12.3. The van der Waals surface area contributed by atoms with Gasteiger partial charge in [-0.25, -0.2) is 47.8 Å². The van der Waals surface area contributed by atoms with E-state index in [2.05, 4.69) is 54.4 Å². The lowest BCUT2D eigenvalue weighted by Crippen LogP contribution is -2.36. The molecule has 4 aromatic rings. The third-order valence-corrected chi connectivity index (χ3v) is 10.4. The lowest BCUT2D eigenvalue weighted by atomic mass is 10.1. The fourth-order valence-electron chi connectivity index (χ4n) is 5.17. The van der Waals surface area contributed by atoms with Crippen molar-refractivity contribution in [2.75, 3.05) is 24.7 Å². The summed E-state index contributed by atoms with van der Waals surface area (Å²) in [5, 5.41) is 0. The van der Waals surface area contributed by atoms with E-state index in [1.165, 1.54) is 21.8 Å². The van der Waals surface area contributed by atoms with Crippen LogP contribution in [0.4, 0.5) is 20.4 Å². The molecule has 3 saturated heterocycles. The Morgan fingerprint density at radius 2 is 1.14 bits per heavy atom. The molecule has 1 unspecified atom stereocenters. The first-order chi connectivity index (χ1) is 20.9. The number of ether oxygens (including phenoxy) is 2. The van der Waals surface area contributed by atoms with E-state index in [-0.39, 0.29) is 34.0 Å². The number of anilines is 2. The van der Waals surface area contributed by atoms with Crippen molar-refractivity contribution in [1.29, 1.82) is 0 Å². The first-order valence-electron chi connectivity index (χ1n) is 12.7. The SMILES string of the molecule is Nc1ncnc2c1ncn2[C@@H]1O[C@@H]2CO[P@@](=O)(S)O[C@@H]3C(CO[P@@](=O)(S)O[C@H]2[C@@H]1F)O[C@@H](n1cnc2c(N)ncnc21)[C@H]3F. The van der Waals surface area contributed by atoms with Crippen molar-refractivity contribution < 1.29 is 45.5 Å². The van der Waals surface area contributed by atoms with Crippen LogP contribution >= 0.6 is 38.1 Å². The summed E-state index contributed by atoms with van der Waals surface area (Å²) >= 11 is 7.99. The summed E-state index contributed by atoms with van der Waals surface area (Å²) in [4.78, 5) is 24.0. The van der Waals surface area contributed by atoms with E-state index in [9.17, 15) is 9.13 Å². The molecule has 236 valence electrons. The highest BCUT2D eigenvalue weighted by atomic mass is 32.7. The Morgan fingerprint density at radius 3 is 1.55 bits per heavy atom. The number of imidazole rings is 2. The van der Waals surface area contributed by atoms with Crippen molar-refractivity contribution in [1.82, 2.24) is 39.0 Å². The normalized spacial score (nSPS) is 38.3. The Labute approximate surface area is 255 Å². The van der Waals surface area contributed by atoms with Gasteiger partial charge in [0.2, 0.25) is 0 Å². The van der Waals surface area contributed by atoms with Crippen molar-refractivity contribution in [2.45, 2.75) is 49.2 Å². The molecule has 3 aliphatic heterocycles. The summed E-state index contributed by atoms with van der Waals surface area (Å²) < 4.78 is 94.5. The highest BCUT2D eigenvalue weighted by Gasteiger charge is 2.54. The number of halogens is 2. The number of hydrogen-bond acceptors (Lipinski definition) is 16. The van der Waals surface area contributed by atoms with Gasteiger partial charge in [0, 0.05) is 0 Å². The maximum atomic E-state index is 16.0. The second kappa shape index (κ2) is 11.1. The van der Waals surface area contributed by atoms with Crippen LogP contribution in [0, 0.1) is 0 Å². The minimum absolute atomic E-state index is 0.0504. The zero-order valence-corrected chi connectivity index (χ0v) is 25.5. The molecule has 7 heterocycles. The number of rotatable bonds is 2. The maximum absolute atomic E-state index is 16.0. The van der Waals surface area contributed by atoms with Gasteiger partial charge in [0.1, 0.15) is 48.1 Å². The highest BCUT2D eigenvalue weighted by molar-refractivity contribution is 8.44.